The molecule has 0 bridgehead atoms. The van der Waals surface area contributed by atoms with Gasteiger partial charge in [0.15, 0.2) is 0 Å². The van der Waals surface area contributed by atoms with Gasteiger partial charge in [-0.25, -0.2) is 17.5 Å². The highest BCUT2D eigenvalue weighted by Crippen LogP contribution is 2.17. The fourth-order valence-electron chi connectivity index (χ4n) is 1.75. The minimum Gasteiger partial charge on any atom is -0.316 e. The van der Waals surface area contributed by atoms with Gasteiger partial charge in [-0.1, -0.05) is 6.07 Å². The third-order valence-electron chi connectivity index (χ3n) is 2.71. The first-order valence-corrected chi connectivity index (χ1v) is 7.41. The maximum Gasteiger partial charge on any atom is 0.241 e. The van der Waals surface area contributed by atoms with Gasteiger partial charge in [0, 0.05) is 24.8 Å². The summed E-state index contributed by atoms with van der Waals surface area (Å²) in [5.74, 6) is -0.589. The maximum absolute atomic E-state index is 13.3. The molecule has 1 aromatic carbocycles. The molecule has 0 atom stereocenters. The van der Waals surface area contributed by atoms with E-state index in [1.54, 1.807) is 13.2 Å². The highest BCUT2D eigenvalue weighted by molar-refractivity contribution is 7.89. The Morgan fingerprint density at radius 3 is 2.80 bits per heavy atom. The van der Waals surface area contributed by atoms with Crippen LogP contribution in [0.3, 0.4) is 0 Å². The quantitative estimate of drug-likeness (QED) is 0.734. The van der Waals surface area contributed by atoms with E-state index < -0.39 is 15.8 Å². The van der Waals surface area contributed by atoms with Crippen LogP contribution in [0.4, 0.5) is 4.39 Å². The van der Waals surface area contributed by atoms with E-state index in [0.29, 0.717) is 17.7 Å². The summed E-state index contributed by atoms with van der Waals surface area (Å²) in [6, 6.07) is 3.71. The molecule has 20 heavy (non-hydrogen) atoms. The molecule has 0 aliphatic carbocycles. The fourth-order valence-corrected chi connectivity index (χ4v) is 3.01. The van der Waals surface area contributed by atoms with Gasteiger partial charge in [0.25, 0.3) is 0 Å². The van der Waals surface area contributed by atoms with Crippen molar-refractivity contribution in [2.75, 3.05) is 7.05 Å². The summed E-state index contributed by atoms with van der Waals surface area (Å²) in [5, 5.41) is 9.17. The molecular formula is C12H15FN4O2S. The Kier molecular flexibility index (Phi) is 4.48. The zero-order valence-electron chi connectivity index (χ0n) is 10.9. The minimum atomic E-state index is -3.78. The zero-order chi connectivity index (χ0) is 14.6. The Bertz CT molecular complexity index is 671. The molecule has 0 aliphatic rings. The van der Waals surface area contributed by atoms with Crippen LogP contribution in [0.15, 0.2) is 35.5 Å². The number of nitrogens with one attached hydrogen (secondary N) is 3. The van der Waals surface area contributed by atoms with Crippen LogP contribution in [0.1, 0.15) is 11.1 Å². The minimum absolute atomic E-state index is 0.0599. The van der Waals surface area contributed by atoms with Gasteiger partial charge >= 0.3 is 0 Å². The Hall–Kier alpha value is -1.77. The molecule has 6 nitrogen and oxygen atoms in total. The SMILES string of the molecule is CNCc1ccc(F)cc1S(=O)(=O)NCc1cn[nH]c1. The highest BCUT2D eigenvalue weighted by Gasteiger charge is 2.19. The lowest BCUT2D eigenvalue weighted by atomic mass is 10.2. The largest absolute Gasteiger partial charge is 0.316 e. The lowest BCUT2D eigenvalue weighted by molar-refractivity contribution is 0.574. The monoisotopic (exact) mass is 298 g/mol. The van der Waals surface area contributed by atoms with Gasteiger partial charge in [-0.05, 0) is 24.7 Å². The number of aromatic nitrogens is 2. The molecule has 0 radical (unpaired) electrons. The number of H-pyrrole nitrogens is 1. The number of rotatable bonds is 6. The second-order valence-corrected chi connectivity index (χ2v) is 5.95. The molecule has 0 unspecified atom stereocenters. The van der Waals surface area contributed by atoms with Crippen LogP contribution in [0.5, 0.6) is 0 Å². The zero-order valence-corrected chi connectivity index (χ0v) is 11.7. The number of hydrogen-bond acceptors (Lipinski definition) is 4. The van der Waals surface area contributed by atoms with Crippen molar-refractivity contribution < 1.29 is 12.8 Å². The van der Waals surface area contributed by atoms with E-state index in [2.05, 4.69) is 20.2 Å². The lowest BCUT2D eigenvalue weighted by Crippen LogP contribution is -2.25. The van der Waals surface area contributed by atoms with Crippen molar-refractivity contribution >= 4 is 10.0 Å². The number of benzene rings is 1. The second-order valence-electron chi connectivity index (χ2n) is 4.21. The van der Waals surface area contributed by atoms with Crippen LogP contribution in [0.25, 0.3) is 0 Å². The second kappa shape index (κ2) is 6.12. The van der Waals surface area contributed by atoms with Gasteiger partial charge in [-0.2, -0.15) is 5.10 Å². The first-order valence-electron chi connectivity index (χ1n) is 5.93. The molecule has 3 N–H and O–H groups in total. The van der Waals surface area contributed by atoms with E-state index in [9.17, 15) is 12.8 Å². The number of halogens is 1. The Labute approximate surface area is 116 Å². The molecule has 2 rings (SSSR count). The van der Waals surface area contributed by atoms with E-state index in [1.807, 2.05) is 0 Å². The predicted molar refractivity (Wildman–Crippen MR) is 71.8 cm³/mol. The third kappa shape index (κ3) is 3.41. The van der Waals surface area contributed by atoms with E-state index >= 15 is 0 Å². The van der Waals surface area contributed by atoms with Gasteiger partial charge in [0.1, 0.15) is 5.82 Å². The molecule has 0 saturated carbocycles. The van der Waals surface area contributed by atoms with Crippen LogP contribution in [0, 0.1) is 5.82 Å². The molecule has 2 aromatic rings. The lowest BCUT2D eigenvalue weighted by Gasteiger charge is -2.11. The van der Waals surface area contributed by atoms with Crippen molar-refractivity contribution in [1.82, 2.24) is 20.2 Å². The van der Waals surface area contributed by atoms with Gasteiger partial charge < -0.3 is 5.32 Å². The first kappa shape index (κ1) is 14.6. The normalized spacial score (nSPS) is 11.7. The molecule has 0 amide bonds. The third-order valence-corrected chi connectivity index (χ3v) is 4.19. The smallest absolute Gasteiger partial charge is 0.241 e. The molecule has 0 saturated heterocycles. The van der Waals surface area contributed by atoms with Crippen molar-refractivity contribution in [2.45, 2.75) is 18.0 Å². The Morgan fingerprint density at radius 2 is 2.15 bits per heavy atom. The molecule has 108 valence electrons. The van der Waals surface area contributed by atoms with E-state index in [-0.39, 0.29) is 11.4 Å². The molecule has 0 aliphatic heterocycles. The number of sulfonamides is 1. The average Bonchev–Trinajstić information content (AvgIpc) is 2.92. The first-order chi connectivity index (χ1) is 9.53. The number of aromatic amines is 1. The topological polar surface area (TPSA) is 86.9 Å². The van der Waals surface area contributed by atoms with Gasteiger partial charge in [0.05, 0.1) is 11.1 Å². The predicted octanol–water partition coefficient (Wildman–Crippen LogP) is 0.747. The van der Waals surface area contributed by atoms with Gasteiger partial charge in [-0.3, -0.25) is 5.10 Å². The number of hydrogen-bond donors (Lipinski definition) is 3. The van der Waals surface area contributed by atoms with Gasteiger partial charge in [-0.15, -0.1) is 0 Å². The molecule has 8 heteroatoms. The van der Waals surface area contributed by atoms with Crippen LogP contribution in [0.2, 0.25) is 0 Å². The summed E-state index contributed by atoms with van der Waals surface area (Å²) in [4.78, 5) is -0.0599. The van der Waals surface area contributed by atoms with Crippen molar-refractivity contribution in [3.8, 4) is 0 Å². The van der Waals surface area contributed by atoms with Crippen molar-refractivity contribution in [1.29, 1.82) is 0 Å². The highest BCUT2D eigenvalue weighted by atomic mass is 32.2. The summed E-state index contributed by atoms with van der Waals surface area (Å²) in [5.41, 5.74) is 1.20. The molecule has 1 aromatic heterocycles. The standard InChI is InChI=1S/C12H15FN4O2S/c1-14-8-10-2-3-11(13)4-12(10)20(18,19)17-7-9-5-15-16-6-9/h2-6,14,17H,7-8H2,1H3,(H,15,16). The summed E-state index contributed by atoms with van der Waals surface area (Å²) in [6.45, 7) is 0.427. The number of nitrogens with zero attached hydrogens (tertiary/aromatic N) is 1. The van der Waals surface area contributed by atoms with Gasteiger partial charge in [0.2, 0.25) is 10.0 Å². The van der Waals surface area contributed by atoms with Crippen LogP contribution >= 0.6 is 0 Å². The average molecular weight is 298 g/mol. The molecule has 1 heterocycles. The Morgan fingerprint density at radius 1 is 1.35 bits per heavy atom. The van der Waals surface area contributed by atoms with E-state index in [0.717, 1.165) is 6.07 Å². The molecule has 0 fully saturated rings. The van der Waals surface area contributed by atoms with E-state index in [1.165, 1.54) is 18.3 Å². The van der Waals surface area contributed by atoms with Crippen LogP contribution < -0.4 is 10.0 Å². The van der Waals surface area contributed by atoms with Crippen molar-refractivity contribution in [3.63, 3.8) is 0 Å². The molecular weight excluding hydrogens is 283 g/mol. The Balaban J connectivity index is 2.26. The molecule has 0 spiro atoms. The summed E-state index contributed by atoms with van der Waals surface area (Å²) in [7, 11) is -2.09. The summed E-state index contributed by atoms with van der Waals surface area (Å²) >= 11 is 0. The van der Waals surface area contributed by atoms with Crippen LogP contribution in [-0.4, -0.2) is 25.7 Å². The van der Waals surface area contributed by atoms with Crippen molar-refractivity contribution in [3.05, 3.63) is 47.5 Å². The fraction of sp³-hybridized carbons (Fsp3) is 0.250. The summed E-state index contributed by atoms with van der Waals surface area (Å²) < 4.78 is 40.2. The van der Waals surface area contributed by atoms with Crippen LogP contribution in [-0.2, 0) is 23.1 Å². The summed E-state index contributed by atoms with van der Waals surface area (Å²) in [6.07, 6.45) is 3.10. The maximum atomic E-state index is 13.3. The van der Waals surface area contributed by atoms with Crippen molar-refractivity contribution in [2.24, 2.45) is 0 Å². The van der Waals surface area contributed by atoms with E-state index in [4.69, 9.17) is 0 Å².